The van der Waals surface area contributed by atoms with Gasteiger partial charge in [-0.1, -0.05) is 20.8 Å². The summed E-state index contributed by atoms with van der Waals surface area (Å²) in [4.78, 5) is 20.5. The van der Waals surface area contributed by atoms with Crippen molar-refractivity contribution in [2.24, 2.45) is 5.41 Å². The van der Waals surface area contributed by atoms with Crippen molar-refractivity contribution in [3.8, 4) is 0 Å². The molecule has 0 aliphatic rings. The molecule has 6 nitrogen and oxygen atoms in total. The molecule has 0 saturated heterocycles. The molecule has 0 rings (SSSR count). The molecule has 3 N–H and O–H groups in total. The molecule has 0 aromatic carbocycles. The highest BCUT2D eigenvalue weighted by molar-refractivity contribution is 7.51. The molecule has 0 aromatic heterocycles. The Morgan fingerprint density at radius 3 is 2.47 bits per heavy atom. The predicted octanol–water partition coefficient (Wildman–Crippen LogP) is 0.731. The first kappa shape index (κ1) is 16.6. The third-order valence-electron chi connectivity index (χ3n) is 2.21. The number of carbonyl (C=O) groups excluding carboxylic acids is 1. The third-order valence-corrected chi connectivity index (χ3v) is 2.82. The fraction of sp³-hybridized carbons (Fsp3) is 0.900. The standard InChI is InChI=1S/C10H22NO5P/c1-5-6-11-9(13)8(12)10(2,3)7-16-17(4,14)15/h8,12H,5-7H2,1-4H3,(H,11,13)(H,14,15). The van der Waals surface area contributed by atoms with Gasteiger partial charge in [-0.3, -0.25) is 9.36 Å². The summed E-state index contributed by atoms with van der Waals surface area (Å²) in [5.41, 5.74) is -0.924. The second-order valence-electron chi connectivity index (χ2n) is 4.76. The maximum absolute atomic E-state index is 11.5. The third kappa shape index (κ3) is 6.78. The van der Waals surface area contributed by atoms with Crippen molar-refractivity contribution in [3.63, 3.8) is 0 Å². The van der Waals surface area contributed by atoms with Crippen LogP contribution in [0.5, 0.6) is 0 Å². The average molecular weight is 267 g/mol. The number of aliphatic hydroxyl groups excluding tert-OH is 1. The second kappa shape index (κ2) is 6.50. The van der Waals surface area contributed by atoms with Crippen molar-refractivity contribution < 1.29 is 23.9 Å². The van der Waals surface area contributed by atoms with Crippen molar-refractivity contribution in [1.29, 1.82) is 0 Å². The lowest BCUT2D eigenvalue weighted by molar-refractivity contribution is -0.136. The van der Waals surface area contributed by atoms with Gasteiger partial charge in [-0.25, -0.2) is 0 Å². The summed E-state index contributed by atoms with van der Waals surface area (Å²) in [7, 11) is -3.60. The van der Waals surface area contributed by atoms with Crippen LogP contribution in [0.2, 0.25) is 0 Å². The number of amides is 1. The highest BCUT2D eigenvalue weighted by Crippen LogP contribution is 2.39. The van der Waals surface area contributed by atoms with Crippen LogP contribution in [0.15, 0.2) is 0 Å². The summed E-state index contributed by atoms with van der Waals surface area (Å²) in [5, 5.41) is 12.4. The summed E-state index contributed by atoms with van der Waals surface area (Å²) in [6.07, 6.45) is -0.503. The van der Waals surface area contributed by atoms with Crippen LogP contribution < -0.4 is 5.32 Å². The first-order chi connectivity index (χ1) is 7.60. The van der Waals surface area contributed by atoms with Crippen molar-refractivity contribution >= 4 is 13.5 Å². The fourth-order valence-electron chi connectivity index (χ4n) is 1.06. The van der Waals surface area contributed by atoms with Crippen molar-refractivity contribution in [1.82, 2.24) is 5.32 Å². The molecule has 0 bridgehead atoms. The van der Waals surface area contributed by atoms with E-state index in [2.05, 4.69) is 5.32 Å². The van der Waals surface area contributed by atoms with Gasteiger partial charge in [-0.05, 0) is 6.42 Å². The number of hydrogen-bond acceptors (Lipinski definition) is 4. The Labute approximate surface area is 102 Å². The van der Waals surface area contributed by atoms with E-state index in [1.54, 1.807) is 13.8 Å². The quantitative estimate of drug-likeness (QED) is 0.591. The van der Waals surface area contributed by atoms with E-state index >= 15 is 0 Å². The summed E-state index contributed by atoms with van der Waals surface area (Å²) in [5.74, 6) is -0.496. The highest BCUT2D eigenvalue weighted by atomic mass is 31.2. The van der Waals surface area contributed by atoms with E-state index in [0.29, 0.717) is 6.54 Å². The minimum absolute atomic E-state index is 0.169. The van der Waals surface area contributed by atoms with Gasteiger partial charge in [0.05, 0.1) is 6.61 Å². The Bertz CT molecular complexity index is 299. The highest BCUT2D eigenvalue weighted by Gasteiger charge is 2.35. The SMILES string of the molecule is CCCNC(=O)C(O)C(C)(C)COP(C)(=O)O. The van der Waals surface area contributed by atoms with Gasteiger partial charge in [-0.2, -0.15) is 0 Å². The van der Waals surface area contributed by atoms with Crippen molar-refractivity contribution in [3.05, 3.63) is 0 Å². The lowest BCUT2D eigenvalue weighted by atomic mass is 9.87. The van der Waals surface area contributed by atoms with Gasteiger partial charge in [-0.15, -0.1) is 0 Å². The van der Waals surface area contributed by atoms with E-state index in [-0.39, 0.29) is 6.61 Å². The van der Waals surface area contributed by atoms with Gasteiger partial charge in [0.1, 0.15) is 6.10 Å². The summed E-state index contributed by atoms with van der Waals surface area (Å²) in [6.45, 7) is 6.47. The number of aliphatic hydroxyl groups is 1. The maximum atomic E-state index is 11.5. The molecule has 0 aliphatic carbocycles. The lowest BCUT2D eigenvalue weighted by Crippen LogP contribution is -2.46. The topological polar surface area (TPSA) is 95.9 Å². The van der Waals surface area contributed by atoms with E-state index in [4.69, 9.17) is 9.42 Å². The molecular weight excluding hydrogens is 245 g/mol. The van der Waals surface area contributed by atoms with Gasteiger partial charge >= 0.3 is 7.60 Å². The number of carbonyl (C=O) groups is 1. The van der Waals surface area contributed by atoms with Crippen LogP contribution in [0.3, 0.4) is 0 Å². The number of rotatable bonds is 7. The molecule has 0 aromatic rings. The molecule has 0 radical (unpaired) electrons. The molecular formula is C10H22NO5P. The van der Waals surface area contributed by atoms with Crippen molar-refractivity contribution in [2.75, 3.05) is 19.8 Å². The summed E-state index contributed by atoms with van der Waals surface area (Å²) < 4.78 is 15.7. The summed E-state index contributed by atoms with van der Waals surface area (Å²) in [6, 6.07) is 0. The van der Waals surface area contributed by atoms with Crippen LogP contribution in [0.1, 0.15) is 27.2 Å². The molecule has 0 heterocycles. The van der Waals surface area contributed by atoms with Crippen LogP contribution >= 0.6 is 7.60 Å². The molecule has 0 spiro atoms. The van der Waals surface area contributed by atoms with E-state index < -0.39 is 25.0 Å². The van der Waals surface area contributed by atoms with Crippen molar-refractivity contribution in [2.45, 2.75) is 33.3 Å². The molecule has 0 saturated carbocycles. The largest absolute Gasteiger partial charge is 0.383 e. The zero-order valence-electron chi connectivity index (χ0n) is 10.8. The van der Waals surface area contributed by atoms with E-state index in [1.165, 1.54) is 0 Å². The zero-order chi connectivity index (χ0) is 13.7. The molecule has 102 valence electrons. The van der Waals surface area contributed by atoms with Crippen LogP contribution in [-0.2, 0) is 13.9 Å². The molecule has 2 unspecified atom stereocenters. The Kier molecular flexibility index (Phi) is 6.34. The molecule has 17 heavy (non-hydrogen) atoms. The Morgan fingerprint density at radius 2 is 2.06 bits per heavy atom. The van der Waals surface area contributed by atoms with Gasteiger partial charge in [0.15, 0.2) is 0 Å². The Hall–Kier alpha value is -0.420. The minimum Gasteiger partial charge on any atom is -0.383 e. The summed E-state index contributed by atoms with van der Waals surface area (Å²) >= 11 is 0. The van der Waals surface area contributed by atoms with E-state index in [0.717, 1.165) is 13.1 Å². The van der Waals surface area contributed by atoms with Gasteiger partial charge in [0.25, 0.3) is 0 Å². The predicted molar refractivity (Wildman–Crippen MR) is 64.8 cm³/mol. The van der Waals surface area contributed by atoms with Gasteiger partial charge in [0, 0.05) is 18.6 Å². The lowest BCUT2D eigenvalue weighted by Gasteiger charge is -2.29. The van der Waals surface area contributed by atoms with E-state index in [1.807, 2.05) is 6.92 Å². The minimum atomic E-state index is -3.60. The first-order valence-electron chi connectivity index (χ1n) is 5.50. The zero-order valence-corrected chi connectivity index (χ0v) is 11.7. The van der Waals surface area contributed by atoms with Crippen LogP contribution in [0, 0.1) is 5.41 Å². The van der Waals surface area contributed by atoms with E-state index in [9.17, 15) is 14.5 Å². The monoisotopic (exact) mass is 267 g/mol. The molecule has 1 amide bonds. The fourth-order valence-corrected chi connectivity index (χ4v) is 1.64. The van der Waals surface area contributed by atoms with Gasteiger partial charge in [0.2, 0.25) is 5.91 Å². The Balaban J connectivity index is 4.38. The maximum Gasteiger partial charge on any atom is 0.325 e. The molecule has 2 atom stereocenters. The van der Waals surface area contributed by atoms with Crippen LogP contribution in [0.4, 0.5) is 0 Å². The molecule has 7 heteroatoms. The molecule has 0 fully saturated rings. The second-order valence-corrected chi connectivity index (χ2v) is 6.62. The Morgan fingerprint density at radius 1 is 1.53 bits per heavy atom. The van der Waals surface area contributed by atoms with Crippen LogP contribution in [0.25, 0.3) is 0 Å². The normalized spacial score (nSPS) is 17.3. The molecule has 0 aliphatic heterocycles. The number of hydrogen-bond donors (Lipinski definition) is 3. The first-order valence-corrected chi connectivity index (χ1v) is 7.53. The average Bonchev–Trinajstić information content (AvgIpc) is 2.21. The van der Waals surface area contributed by atoms with Crippen LogP contribution in [-0.4, -0.2) is 41.8 Å². The van der Waals surface area contributed by atoms with Gasteiger partial charge < -0.3 is 19.8 Å². The number of nitrogens with one attached hydrogen (secondary N) is 1. The smallest absolute Gasteiger partial charge is 0.325 e.